The Labute approximate surface area is 151 Å². The van der Waals surface area contributed by atoms with Crippen LogP contribution >= 0.6 is 0 Å². The van der Waals surface area contributed by atoms with E-state index in [1.165, 1.54) is 0 Å². The molecule has 0 bridgehead atoms. The Balaban J connectivity index is 1.90. The van der Waals surface area contributed by atoms with Crippen molar-refractivity contribution in [1.29, 1.82) is 0 Å². The number of esters is 1. The van der Waals surface area contributed by atoms with Crippen LogP contribution in [0.1, 0.15) is 29.8 Å². The molecule has 0 spiro atoms. The van der Waals surface area contributed by atoms with Crippen molar-refractivity contribution < 1.29 is 14.3 Å². The maximum atomic E-state index is 12.7. The van der Waals surface area contributed by atoms with Crippen molar-refractivity contribution >= 4 is 16.7 Å². The second-order valence-electron chi connectivity index (χ2n) is 6.36. The molecule has 2 aromatic carbocycles. The number of fused-ring (bicyclic) bond motifs is 1. The van der Waals surface area contributed by atoms with Gasteiger partial charge in [0.2, 0.25) is 0 Å². The van der Waals surface area contributed by atoms with Crippen LogP contribution in [0.4, 0.5) is 0 Å². The normalized spacial score (nSPS) is 10.9. The number of hydrogen-bond acceptors (Lipinski definition) is 4. The fourth-order valence-electron chi connectivity index (χ4n) is 2.79. The van der Waals surface area contributed by atoms with Crippen molar-refractivity contribution in [1.82, 2.24) is 4.57 Å². The smallest absolute Gasteiger partial charge is 0.338 e. The number of benzene rings is 2. The Morgan fingerprint density at radius 2 is 1.92 bits per heavy atom. The lowest BCUT2D eigenvalue weighted by Crippen LogP contribution is -2.20. The van der Waals surface area contributed by atoms with E-state index in [1.54, 1.807) is 48.2 Å². The monoisotopic (exact) mass is 351 g/mol. The Kier molecular flexibility index (Phi) is 5.07. The Morgan fingerprint density at radius 3 is 2.65 bits per heavy atom. The largest absolute Gasteiger partial charge is 0.497 e. The van der Waals surface area contributed by atoms with Crippen LogP contribution in [0.15, 0.2) is 59.5 Å². The molecule has 0 aliphatic carbocycles. The number of nitrogens with zero attached hydrogens (tertiary/aromatic N) is 1. The maximum Gasteiger partial charge on any atom is 0.338 e. The number of methoxy groups -OCH3 is 1. The van der Waals surface area contributed by atoms with E-state index in [9.17, 15) is 9.59 Å². The summed E-state index contributed by atoms with van der Waals surface area (Å²) in [5.41, 5.74) is 1.26. The van der Waals surface area contributed by atoms with E-state index in [4.69, 9.17) is 9.47 Å². The molecule has 0 N–H and O–H groups in total. The van der Waals surface area contributed by atoms with Gasteiger partial charge in [-0.15, -0.1) is 0 Å². The zero-order valence-corrected chi connectivity index (χ0v) is 15.1. The first-order chi connectivity index (χ1) is 12.5. The molecule has 0 saturated carbocycles. The third-order valence-electron chi connectivity index (χ3n) is 4.04. The number of rotatable bonds is 5. The van der Waals surface area contributed by atoms with Crippen LogP contribution in [0.2, 0.25) is 0 Å². The molecule has 0 saturated heterocycles. The van der Waals surface area contributed by atoms with E-state index in [-0.39, 0.29) is 17.6 Å². The van der Waals surface area contributed by atoms with Gasteiger partial charge in [0.25, 0.3) is 5.56 Å². The van der Waals surface area contributed by atoms with Crippen LogP contribution in [-0.2, 0) is 11.3 Å². The second-order valence-corrected chi connectivity index (χ2v) is 6.36. The molecule has 0 radical (unpaired) electrons. The lowest BCUT2D eigenvalue weighted by atomic mass is 10.1. The van der Waals surface area contributed by atoms with Crippen molar-refractivity contribution in [2.24, 2.45) is 0 Å². The SMILES string of the molecule is COc1ccc2c(=O)n(Cc3cccc(C(=O)OC(C)C)c3)ccc2c1. The number of aromatic nitrogens is 1. The minimum atomic E-state index is -0.361. The molecule has 134 valence electrons. The first-order valence-corrected chi connectivity index (χ1v) is 8.45. The van der Waals surface area contributed by atoms with Gasteiger partial charge in [0.05, 0.1) is 25.3 Å². The Morgan fingerprint density at radius 1 is 1.12 bits per heavy atom. The van der Waals surface area contributed by atoms with Gasteiger partial charge >= 0.3 is 5.97 Å². The number of ether oxygens (including phenoxy) is 2. The van der Waals surface area contributed by atoms with Gasteiger partial charge in [-0.25, -0.2) is 4.79 Å². The molecular formula is C21H21NO4. The highest BCUT2D eigenvalue weighted by Crippen LogP contribution is 2.18. The average Bonchev–Trinajstić information content (AvgIpc) is 2.63. The van der Waals surface area contributed by atoms with Gasteiger partial charge in [-0.3, -0.25) is 4.79 Å². The predicted octanol–water partition coefficient (Wildman–Crippen LogP) is 3.62. The van der Waals surface area contributed by atoms with E-state index in [0.717, 1.165) is 10.9 Å². The van der Waals surface area contributed by atoms with Gasteiger partial charge in [0.1, 0.15) is 5.75 Å². The van der Waals surface area contributed by atoms with E-state index < -0.39 is 0 Å². The van der Waals surface area contributed by atoms with Crippen LogP contribution in [0.5, 0.6) is 5.75 Å². The third-order valence-corrected chi connectivity index (χ3v) is 4.04. The summed E-state index contributed by atoms with van der Waals surface area (Å²) in [6.45, 7) is 4.00. The minimum absolute atomic E-state index is 0.0830. The van der Waals surface area contributed by atoms with Crippen LogP contribution < -0.4 is 10.3 Å². The van der Waals surface area contributed by atoms with Crippen LogP contribution in [-0.4, -0.2) is 23.8 Å². The number of carbonyl (C=O) groups excluding carboxylic acids is 1. The zero-order valence-electron chi connectivity index (χ0n) is 15.1. The molecule has 26 heavy (non-hydrogen) atoms. The zero-order chi connectivity index (χ0) is 18.7. The van der Waals surface area contributed by atoms with E-state index >= 15 is 0 Å². The molecule has 0 aliphatic rings. The summed E-state index contributed by atoms with van der Waals surface area (Å²) in [7, 11) is 1.60. The second kappa shape index (κ2) is 7.44. The highest BCUT2D eigenvalue weighted by atomic mass is 16.5. The van der Waals surface area contributed by atoms with Crippen molar-refractivity contribution in [3.05, 3.63) is 76.2 Å². The standard InChI is InChI=1S/C21H21NO4/c1-14(2)26-21(24)17-6-4-5-15(11-17)13-22-10-9-16-12-18(25-3)7-8-19(16)20(22)23/h4-12,14H,13H2,1-3H3. The van der Waals surface area contributed by atoms with Crippen LogP contribution in [0.25, 0.3) is 10.8 Å². The van der Waals surface area contributed by atoms with Gasteiger partial charge in [-0.2, -0.15) is 0 Å². The highest BCUT2D eigenvalue weighted by molar-refractivity contribution is 5.89. The third kappa shape index (κ3) is 3.77. The summed E-state index contributed by atoms with van der Waals surface area (Å²) >= 11 is 0. The van der Waals surface area contributed by atoms with Crippen LogP contribution in [0, 0.1) is 0 Å². The molecule has 5 nitrogen and oxygen atoms in total. The van der Waals surface area contributed by atoms with Crippen molar-refractivity contribution in [3.63, 3.8) is 0 Å². The summed E-state index contributed by atoms with van der Waals surface area (Å²) in [5, 5.41) is 1.46. The number of carbonyl (C=O) groups is 1. The van der Waals surface area contributed by atoms with E-state index in [2.05, 4.69) is 0 Å². The summed E-state index contributed by atoms with van der Waals surface area (Å²) in [6.07, 6.45) is 1.58. The summed E-state index contributed by atoms with van der Waals surface area (Å²) in [6, 6.07) is 14.4. The summed E-state index contributed by atoms with van der Waals surface area (Å²) < 4.78 is 12.1. The van der Waals surface area contributed by atoms with Gasteiger partial charge < -0.3 is 14.0 Å². The molecule has 3 rings (SSSR count). The maximum absolute atomic E-state index is 12.7. The van der Waals surface area contributed by atoms with Gasteiger partial charge in [0, 0.05) is 11.6 Å². The van der Waals surface area contributed by atoms with Crippen molar-refractivity contribution in [3.8, 4) is 5.75 Å². The summed E-state index contributed by atoms with van der Waals surface area (Å²) in [5.74, 6) is 0.353. The Hall–Kier alpha value is -3.08. The molecule has 0 amide bonds. The van der Waals surface area contributed by atoms with Gasteiger partial charge in [-0.05, 0) is 61.2 Å². The molecule has 0 unspecified atom stereocenters. The fourth-order valence-corrected chi connectivity index (χ4v) is 2.79. The molecule has 0 atom stereocenters. The molecule has 1 aromatic heterocycles. The number of pyridine rings is 1. The van der Waals surface area contributed by atoms with E-state index in [0.29, 0.717) is 23.2 Å². The van der Waals surface area contributed by atoms with Crippen LogP contribution in [0.3, 0.4) is 0 Å². The molecule has 1 heterocycles. The van der Waals surface area contributed by atoms with E-state index in [1.807, 2.05) is 32.0 Å². The molecule has 0 aliphatic heterocycles. The minimum Gasteiger partial charge on any atom is -0.497 e. The molecule has 0 fully saturated rings. The first-order valence-electron chi connectivity index (χ1n) is 8.45. The molecule has 5 heteroatoms. The fraction of sp³-hybridized carbons (Fsp3) is 0.238. The summed E-state index contributed by atoms with van der Waals surface area (Å²) in [4.78, 5) is 24.8. The first kappa shape index (κ1) is 17.7. The lowest BCUT2D eigenvalue weighted by molar-refractivity contribution is 0.0378. The Bertz CT molecular complexity index is 1000. The molecular weight excluding hydrogens is 330 g/mol. The van der Waals surface area contributed by atoms with Gasteiger partial charge in [0.15, 0.2) is 0 Å². The molecule has 3 aromatic rings. The topological polar surface area (TPSA) is 57.5 Å². The average molecular weight is 351 g/mol. The highest BCUT2D eigenvalue weighted by Gasteiger charge is 2.10. The van der Waals surface area contributed by atoms with Gasteiger partial charge in [-0.1, -0.05) is 12.1 Å². The lowest BCUT2D eigenvalue weighted by Gasteiger charge is -2.11. The van der Waals surface area contributed by atoms with Crippen molar-refractivity contribution in [2.45, 2.75) is 26.5 Å². The predicted molar refractivity (Wildman–Crippen MR) is 101 cm³/mol. The quantitative estimate of drug-likeness (QED) is 0.659. The van der Waals surface area contributed by atoms with Crippen molar-refractivity contribution in [2.75, 3.05) is 7.11 Å². The number of hydrogen-bond donors (Lipinski definition) is 0.